The zero-order valence-corrected chi connectivity index (χ0v) is 9.83. The number of rotatable bonds is 1. The first-order chi connectivity index (χ1) is 7.88. The lowest BCUT2D eigenvalue weighted by atomic mass is 9.75. The van der Waals surface area contributed by atoms with Gasteiger partial charge < -0.3 is 10.1 Å². The predicted molar refractivity (Wildman–Crippen MR) is 65.1 cm³/mol. The molecule has 0 amide bonds. The zero-order valence-electron chi connectivity index (χ0n) is 9.83. The van der Waals surface area contributed by atoms with Crippen LogP contribution >= 0.6 is 0 Å². The van der Waals surface area contributed by atoms with Crippen LogP contribution in [0, 0.1) is 0 Å². The largest absolute Gasteiger partial charge is 0.497 e. The fraction of sp³-hybridized carbons (Fsp3) is 0.571. The van der Waals surface area contributed by atoms with Crippen molar-refractivity contribution >= 4 is 0 Å². The van der Waals surface area contributed by atoms with Gasteiger partial charge in [0.05, 0.1) is 7.11 Å². The van der Waals surface area contributed by atoms with E-state index >= 15 is 0 Å². The molecule has 1 fully saturated rings. The Morgan fingerprint density at radius 3 is 3.12 bits per heavy atom. The van der Waals surface area contributed by atoms with Gasteiger partial charge in [-0.1, -0.05) is 6.07 Å². The standard InChI is InChI=1S/C14H19NO/c1-16-11-6-4-10-5-7-14-12(13(10)9-11)3-2-8-15-14/h4,6,9,12,14-15H,2-3,5,7-8H2,1H3/t12?,14-/m1/s1. The molecule has 1 heterocycles. The Hall–Kier alpha value is -1.02. The molecule has 1 aliphatic carbocycles. The van der Waals surface area contributed by atoms with Crippen molar-refractivity contribution in [2.45, 2.75) is 37.6 Å². The number of methoxy groups -OCH3 is 1. The van der Waals surface area contributed by atoms with Crippen LogP contribution in [0.1, 0.15) is 36.3 Å². The third kappa shape index (κ3) is 1.61. The first-order valence-electron chi connectivity index (χ1n) is 6.28. The molecule has 0 saturated carbocycles. The van der Waals surface area contributed by atoms with E-state index in [1.165, 1.54) is 43.4 Å². The van der Waals surface area contributed by atoms with E-state index in [2.05, 4.69) is 23.5 Å². The number of benzene rings is 1. The van der Waals surface area contributed by atoms with E-state index in [0.29, 0.717) is 12.0 Å². The molecule has 2 aliphatic rings. The maximum atomic E-state index is 5.34. The molecular formula is C14H19NO. The fourth-order valence-electron chi connectivity index (χ4n) is 3.21. The van der Waals surface area contributed by atoms with E-state index in [9.17, 15) is 0 Å². The van der Waals surface area contributed by atoms with E-state index in [0.717, 1.165) is 5.75 Å². The summed E-state index contributed by atoms with van der Waals surface area (Å²) in [7, 11) is 1.75. The molecule has 2 nitrogen and oxygen atoms in total. The van der Waals surface area contributed by atoms with Gasteiger partial charge in [0.15, 0.2) is 0 Å². The molecule has 1 N–H and O–H groups in total. The molecule has 16 heavy (non-hydrogen) atoms. The highest BCUT2D eigenvalue weighted by atomic mass is 16.5. The maximum Gasteiger partial charge on any atom is 0.119 e. The van der Waals surface area contributed by atoms with Crippen molar-refractivity contribution in [3.05, 3.63) is 29.3 Å². The van der Waals surface area contributed by atoms with Crippen molar-refractivity contribution in [2.75, 3.05) is 13.7 Å². The fourth-order valence-corrected chi connectivity index (χ4v) is 3.21. The molecule has 3 rings (SSSR count). The van der Waals surface area contributed by atoms with E-state index in [1.807, 2.05) is 0 Å². The lowest BCUT2D eigenvalue weighted by Gasteiger charge is -2.38. The van der Waals surface area contributed by atoms with Crippen LogP contribution in [0.2, 0.25) is 0 Å². The summed E-state index contributed by atoms with van der Waals surface area (Å²) >= 11 is 0. The molecule has 0 aromatic heterocycles. The van der Waals surface area contributed by atoms with Crippen molar-refractivity contribution < 1.29 is 4.74 Å². The third-order valence-corrected chi connectivity index (χ3v) is 4.06. The molecule has 1 unspecified atom stereocenters. The van der Waals surface area contributed by atoms with Gasteiger partial charge in [0.2, 0.25) is 0 Å². The van der Waals surface area contributed by atoms with Crippen LogP contribution in [0.5, 0.6) is 5.75 Å². The highest BCUT2D eigenvalue weighted by molar-refractivity contribution is 5.41. The molecular weight excluding hydrogens is 198 g/mol. The second kappa shape index (κ2) is 4.10. The van der Waals surface area contributed by atoms with Crippen LogP contribution in [0.4, 0.5) is 0 Å². The second-order valence-corrected chi connectivity index (χ2v) is 4.91. The number of hydrogen-bond donors (Lipinski definition) is 1. The summed E-state index contributed by atoms with van der Waals surface area (Å²) in [6.45, 7) is 1.19. The van der Waals surface area contributed by atoms with Gasteiger partial charge in [-0.15, -0.1) is 0 Å². The summed E-state index contributed by atoms with van der Waals surface area (Å²) < 4.78 is 5.34. The van der Waals surface area contributed by atoms with Crippen LogP contribution in [0.25, 0.3) is 0 Å². The lowest BCUT2D eigenvalue weighted by Crippen LogP contribution is -2.42. The van der Waals surface area contributed by atoms with Gasteiger partial charge >= 0.3 is 0 Å². The Bertz CT molecular complexity index is 388. The van der Waals surface area contributed by atoms with Crippen LogP contribution in [0.3, 0.4) is 0 Å². The Morgan fingerprint density at radius 2 is 2.25 bits per heavy atom. The minimum absolute atomic E-state index is 0.702. The summed E-state index contributed by atoms with van der Waals surface area (Å²) in [6, 6.07) is 7.29. The van der Waals surface area contributed by atoms with Crippen LogP contribution in [0.15, 0.2) is 18.2 Å². The Balaban J connectivity index is 1.98. The molecule has 2 atom stereocenters. The van der Waals surface area contributed by atoms with Gasteiger partial charge in [0.25, 0.3) is 0 Å². The highest BCUT2D eigenvalue weighted by Gasteiger charge is 2.31. The number of fused-ring (bicyclic) bond motifs is 3. The zero-order chi connectivity index (χ0) is 11.0. The van der Waals surface area contributed by atoms with Crippen LogP contribution in [-0.2, 0) is 6.42 Å². The van der Waals surface area contributed by atoms with Gasteiger partial charge in [-0.05, 0) is 61.4 Å². The molecule has 2 heteroatoms. The normalized spacial score (nSPS) is 28.1. The average Bonchev–Trinajstić information content (AvgIpc) is 2.38. The summed E-state index contributed by atoms with van der Waals surface area (Å²) in [5, 5.41) is 3.66. The maximum absolute atomic E-state index is 5.34. The van der Waals surface area contributed by atoms with Crippen LogP contribution < -0.4 is 10.1 Å². The molecule has 1 aromatic carbocycles. The SMILES string of the molecule is COc1ccc2c(c1)C1CCCN[C@@H]1CC2. The lowest BCUT2D eigenvalue weighted by molar-refractivity contribution is 0.318. The number of nitrogens with one attached hydrogen (secondary N) is 1. The highest BCUT2D eigenvalue weighted by Crippen LogP contribution is 2.38. The van der Waals surface area contributed by atoms with Crippen molar-refractivity contribution in [2.24, 2.45) is 0 Å². The number of ether oxygens (including phenoxy) is 1. The number of piperidine rings is 1. The Kier molecular flexibility index (Phi) is 2.60. The summed E-state index contributed by atoms with van der Waals surface area (Å²) in [6.07, 6.45) is 5.15. The van der Waals surface area contributed by atoms with Crippen molar-refractivity contribution in [1.29, 1.82) is 0 Å². The summed E-state index contributed by atoms with van der Waals surface area (Å²) in [4.78, 5) is 0. The van der Waals surface area contributed by atoms with E-state index < -0.39 is 0 Å². The molecule has 1 saturated heterocycles. The number of aryl methyl sites for hydroxylation is 1. The van der Waals surface area contributed by atoms with Gasteiger partial charge in [-0.25, -0.2) is 0 Å². The average molecular weight is 217 g/mol. The molecule has 1 aliphatic heterocycles. The quantitative estimate of drug-likeness (QED) is 0.780. The van der Waals surface area contributed by atoms with Crippen molar-refractivity contribution in [3.63, 3.8) is 0 Å². The van der Waals surface area contributed by atoms with Crippen LogP contribution in [-0.4, -0.2) is 19.7 Å². The van der Waals surface area contributed by atoms with Crippen molar-refractivity contribution in [1.82, 2.24) is 5.32 Å². The molecule has 0 radical (unpaired) electrons. The molecule has 1 aromatic rings. The Morgan fingerprint density at radius 1 is 1.31 bits per heavy atom. The smallest absolute Gasteiger partial charge is 0.119 e. The topological polar surface area (TPSA) is 21.3 Å². The second-order valence-electron chi connectivity index (χ2n) is 4.91. The first-order valence-corrected chi connectivity index (χ1v) is 6.28. The first kappa shape index (κ1) is 10.2. The molecule has 0 bridgehead atoms. The number of hydrogen-bond acceptors (Lipinski definition) is 2. The third-order valence-electron chi connectivity index (χ3n) is 4.06. The van der Waals surface area contributed by atoms with E-state index in [4.69, 9.17) is 4.74 Å². The van der Waals surface area contributed by atoms with E-state index in [1.54, 1.807) is 7.11 Å². The van der Waals surface area contributed by atoms with Crippen molar-refractivity contribution in [3.8, 4) is 5.75 Å². The van der Waals surface area contributed by atoms with Gasteiger partial charge in [0.1, 0.15) is 5.75 Å². The monoisotopic (exact) mass is 217 g/mol. The minimum atomic E-state index is 0.702. The summed E-state index contributed by atoms with van der Waals surface area (Å²) in [5.41, 5.74) is 3.06. The minimum Gasteiger partial charge on any atom is -0.497 e. The van der Waals surface area contributed by atoms with E-state index in [-0.39, 0.29) is 0 Å². The van der Waals surface area contributed by atoms with Gasteiger partial charge in [-0.2, -0.15) is 0 Å². The Labute approximate surface area is 97.0 Å². The molecule has 86 valence electrons. The predicted octanol–water partition coefficient (Wildman–Crippen LogP) is 2.48. The molecule has 0 spiro atoms. The summed E-state index contributed by atoms with van der Waals surface area (Å²) in [5.74, 6) is 1.72. The van der Waals surface area contributed by atoms with Gasteiger partial charge in [-0.3, -0.25) is 0 Å². The van der Waals surface area contributed by atoms with Gasteiger partial charge in [0, 0.05) is 6.04 Å².